The number of furan rings is 1. The molecule has 0 N–H and O–H groups in total. The van der Waals surface area contributed by atoms with E-state index in [0.29, 0.717) is 28.1 Å². The Hall–Kier alpha value is -2.05. The number of thiocarbonyl (C=S) groups is 1. The summed E-state index contributed by atoms with van der Waals surface area (Å²) in [5, 5.41) is 0. The molecule has 1 aromatic heterocycles. The van der Waals surface area contributed by atoms with Crippen LogP contribution in [-0.2, 0) is 11.3 Å². The molecule has 0 spiro atoms. The van der Waals surface area contributed by atoms with Gasteiger partial charge in [0, 0.05) is 0 Å². The van der Waals surface area contributed by atoms with Gasteiger partial charge >= 0.3 is 0 Å². The fourth-order valence-electron chi connectivity index (χ4n) is 2.17. The van der Waals surface area contributed by atoms with E-state index in [2.05, 4.69) is 0 Å². The summed E-state index contributed by atoms with van der Waals surface area (Å²) >= 11 is 6.61. The van der Waals surface area contributed by atoms with Crippen LogP contribution in [0.25, 0.3) is 6.08 Å². The second kappa shape index (κ2) is 7.02. The second-order valence-electron chi connectivity index (χ2n) is 4.85. The molecule has 0 radical (unpaired) electrons. The van der Waals surface area contributed by atoms with Gasteiger partial charge in [-0.2, -0.15) is 0 Å². The summed E-state index contributed by atoms with van der Waals surface area (Å²) in [6.45, 7) is 2.93. The Morgan fingerprint density at radius 3 is 2.74 bits per heavy atom. The summed E-state index contributed by atoms with van der Waals surface area (Å²) in [6, 6.07) is 11.2. The standard InChI is InChI=1S/C17H15NO3S2/c1-2-20-13-7-5-12(6-8-13)10-15-16(19)18(17(22)23-15)11-14-4-3-9-21-14/h3-10H,2,11H2,1H3/b15-10+. The average molecular weight is 345 g/mol. The number of rotatable bonds is 5. The van der Waals surface area contributed by atoms with E-state index < -0.39 is 0 Å². The zero-order valence-electron chi connectivity index (χ0n) is 12.5. The Bertz CT molecular complexity index is 736. The van der Waals surface area contributed by atoms with Crippen LogP contribution in [0.4, 0.5) is 0 Å². The number of benzene rings is 1. The maximum absolute atomic E-state index is 12.5. The highest BCUT2D eigenvalue weighted by Crippen LogP contribution is 2.33. The van der Waals surface area contributed by atoms with Crippen LogP contribution in [0.15, 0.2) is 52.0 Å². The summed E-state index contributed by atoms with van der Waals surface area (Å²) in [4.78, 5) is 14.7. The fourth-order valence-corrected chi connectivity index (χ4v) is 3.43. The zero-order chi connectivity index (χ0) is 16.2. The number of carbonyl (C=O) groups is 1. The number of ether oxygens (including phenoxy) is 1. The smallest absolute Gasteiger partial charge is 0.266 e. The Balaban J connectivity index is 1.75. The van der Waals surface area contributed by atoms with Gasteiger partial charge in [-0.1, -0.05) is 36.1 Å². The first-order chi connectivity index (χ1) is 11.2. The molecule has 1 aromatic carbocycles. The van der Waals surface area contributed by atoms with Crippen LogP contribution >= 0.6 is 24.0 Å². The molecule has 3 rings (SSSR count). The predicted octanol–water partition coefficient (Wildman–Crippen LogP) is 4.08. The molecule has 1 aliphatic rings. The van der Waals surface area contributed by atoms with Crippen molar-refractivity contribution in [3.8, 4) is 5.75 Å². The highest BCUT2D eigenvalue weighted by atomic mass is 32.2. The van der Waals surface area contributed by atoms with Gasteiger partial charge in [0.1, 0.15) is 15.8 Å². The average Bonchev–Trinajstić information content (AvgIpc) is 3.14. The molecule has 4 nitrogen and oxygen atoms in total. The van der Waals surface area contributed by atoms with Crippen molar-refractivity contribution < 1.29 is 13.9 Å². The first-order valence-electron chi connectivity index (χ1n) is 7.18. The highest BCUT2D eigenvalue weighted by molar-refractivity contribution is 8.26. The van der Waals surface area contributed by atoms with E-state index in [1.54, 1.807) is 17.2 Å². The van der Waals surface area contributed by atoms with Crippen molar-refractivity contribution >= 4 is 40.3 Å². The highest BCUT2D eigenvalue weighted by Gasteiger charge is 2.32. The van der Waals surface area contributed by atoms with Gasteiger partial charge in [-0.05, 0) is 42.8 Å². The maximum Gasteiger partial charge on any atom is 0.266 e. The van der Waals surface area contributed by atoms with Crippen molar-refractivity contribution in [1.82, 2.24) is 4.90 Å². The molecule has 23 heavy (non-hydrogen) atoms. The zero-order valence-corrected chi connectivity index (χ0v) is 14.2. The summed E-state index contributed by atoms with van der Waals surface area (Å²) in [5.74, 6) is 1.43. The number of carbonyl (C=O) groups excluding carboxylic acids is 1. The number of hydrogen-bond donors (Lipinski definition) is 0. The Morgan fingerprint density at radius 2 is 2.09 bits per heavy atom. The van der Waals surface area contributed by atoms with Crippen LogP contribution in [0, 0.1) is 0 Å². The summed E-state index contributed by atoms with van der Waals surface area (Å²) in [6.07, 6.45) is 3.43. The summed E-state index contributed by atoms with van der Waals surface area (Å²) in [7, 11) is 0. The van der Waals surface area contributed by atoms with E-state index in [-0.39, 0.29) is 5.91 Å². The van der Waals surface area contributed by atoms with E-state index in [4.69, 9.17) is 21.4 Å². The number of hydrogen-bond acceptors (Lipinski definition) is 5. The molecule has 1 fully saturated rings. The molecular formula is C17H15NO3S2. The fraction of sp³-hybridized carbons (Fsp3) is 0.176. The third-order valence-corrected chi connectivity index (χ3v) is 4.63. The normalized spacial score (nSPS) is 16.4. The molecule has 0 saturated carbocycles. The van der Waals surface area contributed by atoms with E-state index in [1.807, 2.05) is 43.3 Å². The van der Waals surface area contributed by atoms with Crippen molar-refractivity contribution in [2.45, 2.75) is 13.5 Å². The quantitative estimate of drug-likeness (QED) is 0.603. The van der Waals surface area contributed by atoms with Crippen molar-refractivity contribution in [3.05, 3.63) is 58.9 Å². The molecule has 6 heteroatoms. The van der Waals surface area contributed by atoms with E-state index in [1.165, 1.54) is 11.8 Å². The lowest BCUT2D eigenvalue weighted by molar-refractivity contribution is -0.122. The number of thioether (sulfide) groups is 1. The lowest BCUT2D eigenvalue weighted by Gasteiger charge is -2.11. The molecule has 1 aliphatic heterocycles. The van der Waals surface area contributed by atoms with E-state index in [0.717, 1.165) is 11.3 Å². The summed E-state index contributed by atoms with van der Waals surface area (Å²) in [5.41, 5.74) is 0.937. The molecule has 1 amide bonds. The van der Waals surface area contributed by atoms with Crippen molar-refractivity contribution in [3.63, 3.8) is 0 Å². The maximum atomic E-state index is 12.5. The van der Waals surface area contributed by atoms with Gasteiger partial charge < -0.3 is 9.15 Å². The van der Waals surface area contributed by atoms with Gasteiger partial charge in [-0.25, -0.2) is 0 Å². The molecule has 2 heterocycles. The third kappa shape index (κ3) is 3.65. The minimum Gasteiger partial charge on any atom is -0.494 e. The van der Waals surface area contributed by atoms with E-state index in [9.17, 15) is 4.79 Å². The van der Waals surface area contributed by atoms with Gasteiger partial charge in [0.25, 0.3) is 5.91 Å². The molecule has 2 aromatic rings. The summed E-state index contributed by atoms with van der Waals surface area (Å²) < 4.78 is 11.2. The molecule has 118 valence electrons. The van der Waals surface area contributed by atoms with Crippen molar-refractivity contribution in [2.75, 3.05) is 6.61 Å². The van der Waals surface area contributed by atoms with Crippen LogP contribution in [0.3, 0.4) is 0 Å². The lowest BCUT2D eigenvalue weighted by Crippen LogP contribution is -2.27. The van der Waals surface area contributed by atoms with E-state index >= 15 is 0 Å². The Kier molecular flexibility index (Phi) is 4.83. The lowest BCUT2D eigenvalue weighted by atomic mass is 10.2. The predicted molar refractivity (Wildman–Crippen MR) is 95.0 cm³/mol. The van der Waals surface area contributed by atoms with Crippen LogP contribution in [0.5, 0.6) is 5.75 Å². The first kappa shape index (κ1) is 15.8. The largest absolute Gasteiger partial charge is 0.494 e. The monoisotopic (exact) mass is 345 g/mol. The van der Waals surface area contributed by atoms with Gasteiger partial charge in [0.15, 0.2) is 0 Å². The second-order valence-corrected chi connectivity index (χ2v) is 6.53. The number of amides is 1. The van der Waals surface area contributed by atoms with Crippen molar-refractivity contribution in [1.29, 1.82) is 0 Å². The topological polar surface area (TPSA) is 42.7 Å². The molecule has 1 saturated heterocycles. The van der Waals surface area contributed by atoms with Crippen LogP contribution in [0.2, 0.25) is 0 Å². The Morgan fingerprint density at radius 1 is 1.30 bits per heavy atom. The van der Waals surface area contributed by atoms with Crippen molar-refractivity contribution in [2.24, 2.45) is 0 Å². The molecule has 0 bridgehead atoms. The minimum absolute atomic E-state index is 0.0923. The SMILES string of the molecule is CCOc1ccc(/C=C2/SC(=S)N(Cc3ccco3)C2=O)cc1. The molecule has 0 unspecified atom stereocenters. The molecule has 0 aliphatic carbocycles. The minimum atomic E-state index is -0.0923. The van der Waals surface area contributed by atoms with Gasteiger partial charge in [-0.3, -0.25) is 9.69 Å². The Labute approximate surface area is 144 Å². The van der Waals surface area contributed by atoms with Crippen LogP contribution < -0.4 is 4.74 Å². The van der Waals surface area contributed by atoms with Gasteiger partial charge in [-0.15, -0.1) is 0 Å². The van der Waals surface area contributed by atoms with Gasteiger partial charge in [0.2, 0.25) is 0 Å². The molecule has 0 atom stereocenters. The first-order valence-corrected chi connectivity index (χ1v) is 8.40. The number of nitrogens with zero attached hydrogens (tertiary/aromatic N) is 1. The van der Waals surface area contributed by atoms with Crippen LogP contribution in [-0.4, -0.2) is 21.7 Å². The third-order valence-electron chi connectivity index (χ3n) is 3.26. The van der Waals surface area contributed by atoms with Gasteiger partial charge in [0.05, 0.1) is 24.3 Å². The van der Waals surface area contributed by atoms with Crippen LogP contribution in [0.1, 0.15) is 18.2 Å². The molecular weight excluding hydrogens is 330 g/mol.